The van der Waals surface area contributed by atoms with Gasteiger partial charge in [-0.1, -0.05) is 36.4 Å². The topological polar surface area (TPSA) is 47.7 Å². The number of rotatable bonds is 10. The van der Waals surface area contributed by atoms with Crippen molar-refractivity contribution in [1.82, 2.24) is 4.90 Å². The molecule has 2 rings (SSSR count). The normalized spacial score (nSPS) is 11.1. The summed E-state index contributed by atoms with van der Waals surface area (Å²) in [5, 5.41) is 0. The Kier molecular flexibility index (Phi) is 7.63. The number of benzene rings is 2. The van der Waals surface area contributed by atoms with Crippen molar-refractivity contribution in [2.45, 2.75) is 26.6 Å². The highest BCUT2D eigenvalue weighted by Crippen LogP contribution is 2.30. The fourth-order valence-corrected chi connectivity index (χ4v) is 2.61. The minimum atomic E-state index is -2.88. The van der Waals surface area contributed by atoms with E-state index in [1.54, 1.807) is 19.1 Å². The molecule has 0 bridgehead atoms. The van der Waals surface area contributed by atoms with Crippen LogP contribution in [0.4, 0.5) is 8.78 Å². The maximum absolute atomic E-state index is 12.5. The molecule has 0 saturated carbocycles. The summed E-state index contributed by atoms with van der Waals surface area (Å²) in [6.45, 7) is 1.97. The van der Waals surface area contributed by atoms with Crippen LogP contribution in [0, 0.1) is 0 Å². The van der Waals surface area contributed by atoms with Gasteiger partial charge in [0.25, 0.3) is 0 Å². The molecule has 136 valence electrons. The molecule has 6 heteroatoms. The molecule has 2 N–H and O–H groups in total. The number of halogens is 2. The molecule has 0 spiro atoms. The van der Waals surface area contributed by atoms with Crippen LogP contribution in [-0.2, 0) is 13.1 Å². The van der Waals surface area contributed by atoms with E-state index in [2.05, 4.69) is 21.8 Å². The van der Waals surface area contributed by atoms with Gasteiger partial charge in [0, 0.05) is 26.2 Å². The second kappa shape index (κ2) is 9.96. The number of ether oxygens (including phenoxy) is 2. The van der Waals surface area contributed by atoms with Gasteiger partial charge in [0.2, 0.25) is 0 Å². The van der Waals surface area contributed by atoms with Gasteiger partial charge in [0.1, 0.15) is 0 Å². The first-order chi connectivity index (χ1) is 12.1. The lowest BCUT2D eigenvalue weighted by atomic mass is 10.1. The van der Waals surface area contributed by atoms with E-state index in [9.17, 15) is 8.78 Å². The summed E-state index contributed by atoms with van der Waals surface area (Å²) in [5.74, 6) is 0.377. The standard InChI is InChI=1S/C19H24F2N2O2/c1-2-24-18-12-16(8-9-17(18)25-19(20)21)14-23(11-10-22)13-15-6-4-3-5-7-15/h3-9,12,19H,2,10-11,13-14,22H2,1H3. The first-order valence-electron chi connectivity index (χ1n) is 8.29. The molecule has 25 heavy (non-hydrogen) atoms. The molecule has 2 aromatic rings. The maximum Gasteiger partial charge on any atom is 0.387 e. The van der Waals surface area contributed by atoms with Crippen LogP contribution in [0.1, 0.15) is 18.1 Å². The Hall–Kier alpha value is -2.18. The third kappa shape index (κ3) is 6.32. The molecule has 0 fully saturated rings. The largest absolute Gasteiger partial charge is 0.490 e. The summed E-state index contributed by atoms with van der Waals surface area (Å²) in [6.07, 6.45) is 0. The molecule has 0 heterocycles. The molecule has 0 aromatic heterocycles. The summed E-state index contributed by atoms with van der Waals surface area (Å²) in [6, 6.07) is 15.1. The van der Waals surface area contributed by atoms with Crippen molar-refractivity contribution in [2.24, 2.45) is 5.73 Å². The number of alkyl halides is 2. The van der Waals surface area contributed by atoms with Gasteiger partial charge in [-0.25, -0.2) is 0 Å². The summed E-state index contributed by atoms with van der Waals surface area (Å²) in [5.41, 5.74) is 7.87. The van der Waals surface area contributed by atoms with E-state index < -0.39 is 6.61 Å². The Morgan fingerprint density at radius 3 is 2.36 bits per heavy atom. The van der Waals surface area contributed by atoms with Crippen molar-refractivity contribution in [1.29, 1.82) is 0 Å². The van der Waals surface area contributed by atoms with Crippen molar-refractivity contribution in [3.8, 4) is 11.5 Å². The Balaban J connectivity index is 2.13. The number of hydrogen-bond acceptors (Lipinski definition) is 4. The average molecular weight is 350 g/mol. The minimum Gasteiger partial charge on any atom is -0.490 e. The van der Waals surface area contributed by atoms with Gasteiger partial charge in [-0.05, 0) is 30.2 Å². The van der Waals surface area contributed by atoms with E-state index in [0.29, 0.717) is 25.4 Å². The van der Waals surface area contributed by atoms with Gasteiger partial charge in [-0.15, -0.1) is 0 Å². The molecule has 0 atom stereocenters. The molecule has 0 aliphatic rings. The molecule has 0 aliphatic carbocycles. The quantitative estimate of drug-likeness (QED) is 0.711. The second-order valence-corrected chi connectivity index (χ2v) is 5.58. The lowest BCUT2D eigenvalue weighted by molar-refractivity contribution is -0.0514. The van der Waals surface area contributed by atoms with Gasteiger partial charge >= 0.3 is 6.61 Å². The Labute approximate surface area is 147 Å². The van der Waals surface area contributed by atoms with E-state index in [0.717, 1.165) is 18.7 Å². The number of hydrogen-bond donors (Lipinski definition) is 1. The van der Waals surface area contributed by atoms with Crippen molar-refractivity contribution < 1.29 is 18.3 Å². The highest BCUT2D eigenvalue weighted by Gasteiger charge is 2.13. The zero-order valence-corrected chi connectivity index (χ0v) is 14.3. The molecule has 0 unspecified atom stereocenters. The van der Waals surface area contributed by atoms with Crippen LogP contribution in [0.15, 0.2) is 48.5 Å². The Bertz CT molecular complexity index is 639. The predicted molar refractivity (Wildman–Crippen MR) is 93.9 cm³/mol. The SMILES string of the molecule is CCOc1cc(CN(CCN)Cc2ccccc2)ccc1OC(F)F. The second-order valence-electron chi connectivity index (χ2n) is 5.58. The van der Waals surface area contributed by atoms with Gasteiger partial charge in [0.05, 0.1) is 6.61 Å². The fraction of sp³-hybridized carbons (Fsp3) is 0.368. The van der Waals surface area contributed by atoms with Crippen LogP contribution in [0.25, 0.3) is 0 Å². The lowest BCUT2D eigenvalue weighted by Gasteiger charge is -2.22. The summed E-state index contributed by atoms with van der Waals surface area (Å²) in [4.78, 5) is 2.20. The van der Waals surface area contributed by atoms with Crippen LogP contribution >= 0.6 is 0 Å². The predicted octanol–water partition coefficient (Wildman–Crippen LogP) is 3.65. The first-order valence-corrected chi connectivity index (χ1v) is 8.29. The third-order valence-corrected chi connectivity index (χ3v) is 3.62. The van der Waals surface area contributed by atoms with Gasteiger partial charge in [0.15, 0.2) is 11.5 Å². The van der Waals surface area contributed by atoms with E-state index in [4.69, 9.17) is 10.5 Å². The Morgan fingerprint density at radius 2 is 1.72 bits per heavy atom. The van der Waals surface area contributed by atoms with E-state index in [-0.39, 0.29) is 5.75 Å². The van der Waals surface area contributed by atoms with Crippen LogP contribution in [0.2, 0.25) is 0 Å². The Morgan fingerprint density at radius 1 is 1.00 bits per heavy atom. The van der Waals surface area contributed by atoms with Crippen molar-refractivity contribution >= 4 is 0 Å². The molecular formula is C19H24F2N2O2. The van der Waals surface area contributed by atoms with Crippen LogP contribution in [0.5, 0.6) is 11.5 Å². The fourth-order valence-electron chi connectivity index (χ4n) is 2.61. The van der Waals surface area contributed by atoms with Gasteiger partial charge in [-0.2, -0.15) is 8.78 Å². The summed E-state index contributed by atoms with van der Waals surface area (Å²) < 4.78 is 34.9. The third-order valence-electron chi connectivity index (χ3n) is 3.62. The van der Waals surface area contributed by atoms with Crippen molar-refractivity contribution in [3.05, 3.63) is 59.7 Å². The number of nitrogens with zero attached hydrogens (tertiary/aromatic N) is 1. The molecule has 2 aromatic carbocycles. The molecular weight excluding hydrogens is 326 g/mol. The molecule has 0 radical (unpaired) electrons. The number of nitrogens with two attached hydrogens (primary N) is 1. The summed E-state index contributed by atoms with van der Waals surface area (Å²) in [7, 11) is 0. The molecule has 4 nitrogen and oxygen atoms in total. The lowest BCUT2D eigenvalue weighted by Crippen LogP contribution is -2.28. The van der Waals surface area contributed by atoms with E-state index in [1.165, 1.54) is 11.6 Å². The highest BCUT2D eigenvalue weighted by molar-refractivity contribution is 5.43. The molecule has 0 aliphatic heterocycles. The monoisotopic (exact) mass is 350 g/mol. The first kappa shape index (κ1) is 19.1. The average Bonchev–Trinajstić information content (AvgIpc) is 2.58. The van der Waals surface area contributed by atoms with Crippen molar-refractivity contribution in [3.63, 3.8) is 0 Å². The maximum atomic E-state index is 12.5. The zero-order valence-electron chi connectivity index (χ0n) is 14.3. The van der Waals surface area contributed by atoms with Gasteiger partial charge in [-0.3, -0.25) is 4.90 Å². The zero-order chi connectivity index (χ0) is 18.1. The van der Waals surface area contributed by atoms with Gasteiger partial charge < -0.3 is 15.2 Å². The summed E-state index contributed by atoms with van der Waals surface area (Å²) >= 11 is 0. The minimum absolute atomic E-state index is 0.0500. The molecule has 0 amide bonds. The van der Waals surface area contributed by atoms with Crippen molar-refractivity contribution in [2.75, 3.05) is 19.7 Å². The van der Waals surface area contributed by atoms with Crippen LogP contribution < -0.4 is 15.2 Å². The smallest absolute Gasteiger partial charge is 0.387 e. The van der Waals surface area contributed by atoms with Crippen LogP contribution in [0.3, 0.4) is 0 Å². The molecule has 0 saturated heterocycles. The van der Waals surface area contributed by atoms with E-state index in [1.807, 2.05) is 18.2 Å². The van der Waals surface area contributed by atoms with E-state index >= 15 is 0 Å². The highest BCUT2D eigenvalue weighted by atomic mass is 19.3. The van der Waals surface area contributed by atoms with Crippen LogP contribution in [-0.4, -0.2) is 31.2 Å².